The Kier molecular flexibility index (Phi) is 5.36. The highest BCUT2D eigenvalue weighted by atomic mass is 16.6. The van der Waals surface area contributed by atoms with E-state index in [9.17, 15) is 14.9 Å². The Labute approximate surface area is 139 Å². The lowest BCUT2D eigenvalue weighted by Crippen LogP contribution is -2.26. The Bertz CT molecular complexity index is 743. The fourth-order valence-electron chi connectivity index (χ4n) is 2.27. The van der Waals surface area contributed by atoms with E-state index in [0.29, 0.717) is 17.1 Å². The van der Waals surface area contributed by atoms with Crippen molar-refractivity contribution in [3.63, 3.8) is 0 Å². The summed E-state index contributed by atoms with van der Waals surface area (Å²) in [6.07, 6.45) is 0. The highest BCUT2D eigenvalue weighted by Crippen LogP contribution is 2.29. The van der Waals surface area contributed by atoms with E-state index in [2.05, 4.69) is 5.32 Å². The van der Waals surface area contributed by atoms with E-state index >= 15 is 0 Å². The van der Waals surface area contributed by atoms with Crippen molar-refractivity contribution in [3.8, 4) is 11.5 Å². The second kappa shape index (κ2) is 7.45. The molecule has 0 unspecified atom stereocenters. The first-order chi connectivity index (χ1) is 11.5. The van der Waals surface area contributed by atoms with Crippen LogP contribution in [0.5, 0.6) is 11.5 Å². The fraction of sp³-hybridized carbons (Fsp3) is 0.235. The molecule has 0 spiro atoms. The van der Waals surface area contributed by atoms with Gasteiger partial charge in [-0.1, -0.05) is 0 Å². The third-order valence-corrected chi connectivity index (χ3v) is 3.59. The Morgan fingerprint density at radius 1 is 1.12 bits per heavy atom. The first kappa shape index (κ1) is 17.3. The van der Waals surface area contributed by atoms with Gasteiger partial charge in [0.25, 0.3) is 11.6 Å². The number of amides is 1. The lowest BCUT2D eigenvalue weighted by Gasteiger charge is -2.18. The normalized spacial score (nSPS) is 11.5. The number of nitrogens with zero attached hydrogens (tertiary/aromatic N) is 1. The number of nitro benzene ring substituents is 1. The van der Waals surface area contributed by atoms with Crippen LogP contribution in [0.1, 0.15) is 28.9 Å². The highest BCUT2D eigenvalue weighted by Gasteiger charge is 2.17. The molecule has 24 heavy (non-hydrogen) atoms. The molecule has 126 valence electrons. The third-order valence-electron chi connectivity index (χ3n) is 3.59. The summed E-state index contributed by atoms with van der Waals surface area (Å²) in [5.41, 5.74) is 1.05. The van der Waals surface area contributed by atoms with Gasteiger partial charge >= 0.3 is 0 Å². The van der Waals surface area contributed by atoms with E-state index in [1.54, 1.807) is 32.4 Å². The second-order valence-corrected chi connectivity index (χ2v) is 5.11. The molecule has 1 atom stereocenters. The number of nitro groups is 1. The van der Waals surface area contributed by atoms with Crippen molar-refractivity contribution in [3.05, 3.63) is 63.7 Å². The molecule has 0 saturated carbocycles. The van der Waals surface area contributed by atoms with Crippen LogP contribution < -0.4 is 14.8 Å². The number of rotatable bonds is 6. The molecule has 0 aliphatic rings. The maximum atomic E-state index is 12.3. The summed E-state index contributed by atoms with van der Waals surface area (Å²) >= 11 is 0. The van der Waals surface area contributed by atoms with Gasteiger partial charge in [-0.25, -0.2) is 0 Å². The topological polar surface area (TPSA) is 90.7 Å². The summed E-state index contributed by atoms with van der Waals surface area (Å²) < 4.78 is 10.5. The maximum absolute atomic E-state index is 12.3. The number of non-ortho nitro benzene ring substituents is 1. The zero-order chi connectivity index (χ0) is 17.7. The van der Waals surface area contributed by atoms with Crippen molar-refractivity contribution in [1.29, 1.82) is 0 Å². The molecule has 2 aromatic carbocycles. The van der Waals surface area contributed by atoms with Crippen LogP contribution in [-0.4, -0.2) is 25.1 Å². The molecule has 0 fully saturated rings. The van der Waals surface area contributed by atoms with Crippen LogP contribution in [0, 0.1) is 10.1 Å². The minimum absolute atomic E-state index is 0.0611. The number of carbonyl (C=O) groups is 1. The number of benzene rings is 2. The van der Waals surface area contributed by atoms with Gasteiger partial charge in [0.15, 0.2) is 0 Å². The lowest BCUT2D eigenvalue weighted by molar-refractivity contribution is -0.384. The van der Waals surface area contributed by atoms with Gasteiger partial charge in [-0.15, -0.1) is 0 Å². The molecule has 2 aromatic rings. The summed E-state index contributed by atoms with van der Waals surface area (Å²) in [7, 11) is 3.11. The van der Waals surface area contributed by atoms with Gasteiger partial charge in [0.2, 0.25) is 0 Å². The number of ether oxygens (including phenoxy) is 2. The minimum Gasteiger partial charge on any atom is -0.497 e. The third kappa shape index (κ3) is 3.81. The van der Waals surface area contributed by atoms with E-state index in [1.807, 2.05) is 6.92 Å². The molecule has 7 nitrogen and oxygen atoms in total. The minimum atomic E-state index is -0.509. The molecular formula is C17H18N2O5. The summed E-state index contributed by atoms with van der Waals surface area (Å²) in [6, 6.07) is 10.4. The molecule has 0 radical (unpaired) electrons. The van der Waals surface area contributed by atoms with Crippen molar-refractivity contribution < 1.29 is 19.2 Å². The van der Waals surface area contributed by atoms with Crippen LogP contribution in [-0.2, 0) is 0 Å². The van der Waals surface area contributed by atoms with Crippen molar-refractivity contribution >= 4 is 11.6 Å². The van der Waals surface area contributed by atoms with Crippen molar-refractivity contribution in [2.75, 3.05) is 14.2 Å². The van der Waals surface area contributed by atoms with Crippen LogP contribution in [0.2, 0.25) is 0 Å². The molecule has 0 aliphatic heterocycles. The Balaban J connectivity index is 2.18. The van der Waals surface area contributed by atoms with Gasteiger partial charge in [0, 0.05) is 23.3 Å². The monoisotopic (exact) mass is 330 g/mol. The van der Waals surface area contributed by atoms with Crippen molar-refractivity contribution in [2.24, 2.45) is 0 Å². The molecule has 0 heterocycles. The van der Waals surface area contributed by atoms with Crippen LogP contribution in [0.15, 0.2) is 42.5 Å². The van der Waals surface area contributed by atoms with Crippen LogP contribution in [0.4, 0.5) is 5.69 Å². The Morgan fingerprint density at radius 3 is 2.33 bits per heavy atom. The van der Waals surface area contributed by atoms with E-state index < -0.39 is 4.92 Å². The zero-order valence-electron chi connectivity index (χ0n) is 13.6. The average Bonchev–Trinajstić information content (AvgIpc) is 2.60. The number of nitrogens with one attached hydrogen (secondary N) is 1. The smallest absolute Gasteiger partial charge is 0.269 e. The van der Waals surface area contributed by atoms with Gasteiger partial charge in [-0.3, -0.25) is 14.9 Å². The standard InChI is InChI=1S/C17H18N2O5/c1-11(15-10-14(23-2)8-9-16(15)24-3)18-17(20)12-4-6-13(7-5-12)19(21)22/h4-11H,1-3H3,(H,18,20)/t11-/m1/s1. The first-order valence-electron chi connectivity index (χ1n) is 7.23. The summed E-state index contributed by atoms with van der Waals surface area (Å²) in [5.74, 6) is 0.955. The van der Waals surface area contributed by atoms with E-state index in [4.69, 9.17) is 9.47 Å². The van der Waals surface area contributed by atoms with Crippen molar-refractivity contribution in [2.45, 2.75) is 13.0 Å². The number of hydrogen-bond donors (Lipinski definition) is 1. The molecule has 0 aromatic heterocycles. The molecule has 1 amide bonds. The second-order valence-electron chi connectivity index (χ2n) is 5.11. The lowest BCUT2D eigenvalue weighted by atomic mass is 10.1. The van der Waals surface area contributed by atoms with Gasteiger partial charge in [0.1, 0.15) is 11.5 Å². The van der Waals surface area contributed by atoms with Gasteiger partial charge < -0.3 is 14.8 Å². The van der Waals surface area contributed by atoms with Crippen LogP contribution >= 0.6 is 0 Å². The molecule has 0 bridgehead atoms. The molecule has 0 saturated heterocycles. The maximum Gasteiger partial charge on any atom is 0.269 e. The van der Waals surface area contributed by atoms with Gasteiger partial charge in [-0.05, 0) is 37.3 Å². The molecule has 7 heteroatoms. The van der Waals surface area contributed by atoms with E-state index in [1.165, 1.54) is 24.3 Å². The summed E-state index contributed by atoms with van der Waals surface area (Å²) in [4.78, 5) is 22.5. The van der Waals surface area contributed by atoms with Gasteiger partial charge in [0.05, 0.1) is 25.2 Å². The predicted molar refractivity (Wildman–Crippen MR) is 88.5 cm³/mol. The zero-order valence-corrected chi connectivity index (χ0v) is 13.6. The Hall–Kier alpha value is -3.09. The SMILES string of the molecule is COc1ccc(OC)c([C@@H](C)NC(=O)c2ccc([N+](=O)[O-])cc2)c1. The Morgan fingerprint density at radius 2 is 1.79 bits per heavy atom. The molecular weight excluding hydrogens is 312 g/mol. The first-order valence-corrected chi connectivity index (χ1v) is 7.23. The number of hydrogen-bond acceptors (Lipinski definition) is 5. The number of methoxy groups -OCH3 is 2. The largest absolute Gasteiger partial charge is 0.497 e. The van der Waals surface area contributed by atoms with E-state index in [-0.39, 0.29) is 17.6 Å². The molecule has 1 N–H and O–H groups in total. The van der Waals surface area contributed by atoms with E-state index in [0.717, 1.165) is 5.56 Å². The van der Waals surface area contributed by atoms with Crippen molar-refractivity contribution in [1.82, 2.24) is 5.32 Å². The summed E-state index contributed by atoms with van der Waals surface area (Å²) in [6.45, 7) is 1.82. The quantitative estimate of drug-likeness (QED) is 0.649. The van der Waals surface area contributed by atoms with Crippen LogP contribution in [0.25, 0.3) is 0 Å². The van der Waals surface area contributed by atoms with Crippen LogP contribution in [0.3, 0.4) is 0 Å². The summed E-state index contributed by atoms with van der Waals surface area (Å²) in [5, 5.41) is 13.5. The molecule has 0 aliphatic carbocycles. The highest BCUT2D eigenvalue weighted by molar-refractivity contribution is 5.94. The number of carbonyl (C=O) groups excluding carboxylic acids is 1. The van der Waals surface area contributed by atoms with Gasteiger partial charge in [-0.2, -0.15) is 0 Å². The molecule has 2 rings (SSSR count). The average molecular weight is 330 g/mol. The predicted octanol–water partition coefficient (Wildman–Crippen LogP) is 3.10. The fourth-order valence-corrected chi connectivity index (χ4v) is 2.27.